The Morgan fingerprint density at radius 3 is 2.31 bits per heavy atom. The molecule has 0 N–H and O–H groups in total. The van der Waals surface area contributed by atoms with Crippen LogP contribution in [0.5, 0.6) is 0 Å². The Morgan fingerprint density at radius 2 is 1.63 bits per heavy atom. The summed E-state index contributed by atoms with van der Waals surface area (Å²) in [7, 11) is 0. The van der Waals surface area contributed by atoms with E-state index in [2.05, 4.69) is 47.5 Å². The van der Waals surface area contributed by atoms with Crippen LogP contribution < -0.4 is 0 Å². The number of aromatic nitrogens is 2. The Kier molecular flexibility index (Phi) is 11.6. The second-order valence-electron chi connectivity index (χ2n) is 9.95. The first-order chi connectivity index (χ1) is 17.1. The predicted octanol–water partition coefficient (Wildman–Crippen LogP) is 8.98. The molecule has 2 nitrogen and oxygen atoms in total. The summed E-state index contributed by atoms with van der Waals surface area (Å²) in [5.74, 6) is -0.760. The van der Waals surface area contributed by atoms with Gasteiger partial charge in [-0.2, -0.15) is 10.2 Å². The Morgan fingerprint density at radius 1 is 0.886 bits per heavy atom. The standard InChI is InChI=1S/C31H42F2N2/c1-3-5-7-8-9-11-12-26-19-23-29(31(33)30(26)32)25-17-14-24(15-18-25)16-20-28-22-21-27(34-35-28)13-10-6-4-2/h4,6,17,19,21-24H,3,5,7-16,18,20H2,1-2H3/b6-4+. The van der Waals surface area contributed by atoms with Crippen molar-refractivity contribution in [2.45, 2.75) is 104 Å². The van der Waals surface area contributed by atoms with Gasteiger partial charge in [0.25, 0.3) is 0 Å². The number of rotatable bonds is 14. The van der Waals surface area contributed by atoms with E-state index in [-0.39, 0.29) is 0 Å². The lowest BCUT2D eigenvalue weighted by molar-refractivity contribution is 0.445. The van der Waals surface area contributed by atoms with Crippen LogP contribution in [0, 0.1) is 17.6 Å². The molecule has 4 heteroatoms. The number of hydrogen-bond donors (Lipinski definition) is 0. The lowest BCUT2D eigenvalue weighted by Crippen LogP contribution is -2.09. The van der Waals surface area contributed by atoms with Crippen molar-refractivity contribution < 1.29 is 8.78 Å². The molecule has 0 bridgehead atoms. The van der Waals surface area contributed by atoms with Crippen LogP contribution in [-0.2, 0) is 19.3 Å². The van der Waals surface area contributed by atoms with Gasteiger partial charge in [0.2, 0.25) is 0 Å². The van der Waals surface area contributed by atoms with Gasteiger partial charge in [-0.15, -0.1) is 0 Å². The normalized spacial score (nSPS) is 16.1. The van der Waals surface area contributed by atoms with Gasteiger partial charge in [0.05, 0.1) is 11.4 Å². The summed E-state index contributed by atoms with van der Waals surface area (Å²) in [6, 6.07) is 7.77. The van der Waals surface area contributed by atoms with Crippen LogP contribution in [0.15, 0.2) is 42.5 Å². The SMILES string of the molecule is C/C=C/CCc1ccc(CCC2CC=C(c3ccc(CCCCCCCC)c(F)c3F)CC2)nn1. The van der Waals surface area contributed by atoms with E-state index < -0.39 is 11.6 Å². The van der Waals surface area contributed by atoms with Gasteiger partial charge >= 0.3 is 0 Å². The molecule has 190 valence electrons. The van der Waals surface area contributed by atoms with Crippen molar-refractivity contribution in [2.75, 3.05) is 0 Å². The second-order valence-corrected chi connectivity index (χ2v) is 9.95. The molecule has 0 radical (unpaired) electrons. The quantitative estimate of drug-likeness (QED) is 0.199. The highest BCUT2D eigenvalue weighted by Crippen LogP contribution is 2.34. The van der Waals surface area contributed by atoms with Gasteiger partial charge in [-0.1, -0.05) is 69.4 Å². The Labute approximate surface area is 211 Å². The molecular formula is C31H42F2N2. The molecule has 0 spiro atoms. The van der Waals surface area contributed by atoms with Crippen LogP contribution in [0.25, 0.3) is 5.57 Å². The fourth-order valence-corrected chi connectivity index (χ4v) is 4.93. The van der Waals surface area contributed by atoms with Crippen molar-refractivity contribution in [1.29, 1.82) is 0 Å². The van der Waals surface area contributed by atoms with Gasteiger partial charge in [0.1, 0.15) is 0 Å². The molecule has 3 rings (SSSR count). The molecular weight excluding hydrogens is 438 g/mol. The second kappa shape index (κ2) is 14.9. The smallest absolute Gasteiger partial charge is 0.166 e. The van der Waals surface area contributed by atoms with Crippen LogP contribution in [-0.4, -0.2) is 10.2 Å². The zero-order valence-corrected chi connectivity index (χ0v) is 21.7. The summed E-state index contributed by atoms with van der Waals surface area (Å²) in [6.45, 7) is 4.23. The number of unbranched alkanes of at least 4 members (excludes halogenated alkanes) is 5. The average Bonchev–Trinajstić information content (AvgIpc) is 2.88. The molecule has 0 amide bonds. The highest BCUT2D eigenvalue weighted by Gasteiger charge is 2.20. The lowest BCUT2D eigenvalue weighted by Gasteiger charge is -2.22. The van der Waals surface area contributed by atoms with Crippen molar-refractivity contribution >= 4 is 5.57 Å². The third-order valence-electron chi connectivity index (χ3n) is 7.21. The summed E-state index contributed by atoms with van der Waals surface area (Å²) in [4.78, 5) is 0. The number of aryl methyl sites for hydroxylation is 3. The van der Waals surface area contributed by atoms with E-state index in [1.807, 2.05) is 6.92 Å². The minimum Gasteiger partial charge on any atom is -0.203 e. The summed E-state index contributed by atoms with van der Waals surface area (Å²) < 4.78 is 29.6. The Hall–Kier alpha value is -2.36. The molecule has 1 heterocycles. The van der Waals surface area contributed by atoms with E-state index in [0.717, 1.165) is 74.7 Å². The first-order valence-corrected chi connectivity index (χ1v) is 13.7. The molecule has 0 saturated carbocycles. The number of nitrogens with zero attached hydrogens (tertiary/aromatic N) is 2. The summed E-state index contributed by atoms with van der Waals surface area (Å²) in [6.07, 6.45) is 20.4. The molecule has 1 aliphatic rings. The molecule has 1 aliphatic carbocycles. The van der Waals surface area contributed by atoms with Gasteiger partial charge in [-0.05, 0) is 93.9 Å². The fraction of sp³-hybridized carbons (Fsp3) is 0.548. The van der Waals surface area contributed by atoms with Gasteiger partial charge in [-0.3, -0.25) is 0 Å². The monoisotopic (exact) mass is 480 g/mol. The van der Waals surface area contributed by atoms with Crippen LogP contribution in [0.1, 0.15) is 107 Å². The van der Waals surface area contributed by atoms with Crippen molar-refractivity contribution in [2.24, 2.45) is 5.92 Å². The Bertz CT molecular complexity index is 963. The van der Waals surface area contributed by atoms with E-state index in [1.54, 1.807) is 12.1 Å². The van der Waals surface area contributed by atoms with E-state index in [4.69, 9.17) is 0 Å². The van der Waals surface area contributed by atoms with Crippen molar-refractivity contribution in [3.8, 4) is 0 Å². The van der Waals surface area contributed by atoms with Crippen LogP contribution in [0.4, 0.5) is 8.78 Å². The van der Waals surface area contributed by atoms with Gasteiger partial charge in [-0.25, -0.2) is 8.78 Å². The third kappa shape index (κ3) is 8.66. The van der Waals surface area contributed by atoms with E-state index in [9.17, 15) is 8.78 Å². The number of halogens is 2. The zero-order chi connectivity index (χ0) is 24.9. The van der Waals surface area contributed by atoms with Crippen LogP contribution in [0.2, 0.25) is 0 Å². The van der Waals surface area contributed by atoms with Crippen LogP contribution in [0.3, 0.4) is 0 Å². The van der Waals surface area contributed by atoms with Crippen molar-refractivity contribution in [3.63, 3.8) is 0 Å². The minimum atomic E-state index is -0.664. The van der Waals surface area contributed by atoms with Crippen molar-refractivity contribution in [1.82, 2.24) is 10.2 Å². The molecule has 0 saturated heterocycles. The molecule has 0 aliphatic heterocycles. The number of hydrogen-bond acceptors (Lipinski definition) is 2. The number of benzene rings is 1. The summed E-state index contributed by atoms with van der Waals surface area (Å²) in [5.41, 5.74) is 3.99. The minimum absolute atomic E-state index is 0.451. The first kappa shape index (κ1) is 27.2. The van der Waals surface area contributed by atoms with Gasteiger partial charge in [0, 0.05) is 5.56 Å². The molecule has 1 unspecified atom stereocenters. The molecule has 2 aromatic rings. The molecule has 35 heavy (non-hydrogen) atoms. The largest absolute Gasteiger partial charge is 0.203 e. The van der Waals surface area contributed by atoms with Crippen LogP contribution >= 0.6 is 0 Å². The number of allylic oxidation sites excluding steroid dienone is 4. The van der Waals surface area contributed by atoms with E-state index >= 15 is 0 Å². The van der Waals surface area contributed by atoms with E-state index in [0.29, 0.717) is 23.5 Å². The lowest BCUT2D eigenvalue weighted by atomic mass is 9.83. The maximum atomic E-state index is 14.9. The Balaban J connectivity index is 1.47. The summed E-state index contributed by atoms with van der Waals surface area (Å²) in [5, 5.41) is 8.75. The predicted molar refractivity (Wildman–Crippen MR) is 142 cm³/mol. The zero-order valence-electron chi connectivity index (χ0n) is 21.7. The third-order valence-corrected chi connectivity index (χ3v) is 7.21. The molecule has 1 aromatic carbocycles. The van der Waals surface area contributed by atoms with E-state index in [1.165, 1.54) is 25.7 Å². The molecule has 1 atom stereocenters. The first-order valence-electron chi connectivity index (χ1n) is 13.7. The highest BCUT2D eigenvalue weighted by molar-refractivity contribution is 5.67. The van der Waals surface area contributed by atoms with Gasteiger partial charge in [0.15, 0.2) is 11.6 Å². The fourth-order valence-electron chi connectivity index (χ4n) is 4.93. The average molecular weight is 481 g/mol. The highest BCUT2D eigenvalue weighted by atomic mass is 19.2. The maximum absolute atomic E-state index is 14.9. The maximum Gasteiger partial charge on any atom is 0.166 e. The molecule has 0 fully saturated rings. The molecule has 1 aromatic heterocycles. The van der Waals surface area contributed by atoms with Crippen molar-refractivity contribution in [3.05, 3.63) is 76.6 Å². The van der Waals surface area contributed by atoms with Gasteiger partial charge < -0.3 is 0 Å². The topological polar surface area (TPSA) is 25.8 Å². The summed E-state index contributed by atoms with van der Waals surface area (Å²) >= 11 is 0.